The van der Waals surface area contributed by atoms with Gasteiger partial charge in [0, 0.05) is 13.1 Å². The molecule has 2 aromatic carbocycles. The molecular formula is C25H33BrN2O3. The van der Waals surface area contributed by atoms with E-state index in [1.54, 1.807) is 0 Å². The maximum absolute atomic E-state index is 11.9. The van der Waals surface area contributed by atoms with Gasteiger partial charge in [0.25, 0.3) is 0 Å². The molecule has 5 nitrogen and oxygen atoms in total. The van der Waals surface area contributed by atoms with Gasteiger partial charge in [-0.25, -0.2) is 4.79 Å². The van der Waals surface area contributed by atoms with Gasteiger partial charge in [0.2, 0.25) is 0 Å². The molecule has 0 bridgehead atoms. The van der Waals surface area contributed by atoms with Gasteiger partial charge in [0.15, 0.2) is 0 Å². The van der Waals surface area contributed by atoms with E-state index in [9.17, 15) is 4.79 Å². The number of hydrogen-bond donors (Lipinski definition) is 1. The number of nitrogens with zero attached hydrogens (tertiary/aromatic N) is 1. The van der Waals surface area contributed by atoms with Crippen molar-refractivity contribution in [3.63, 3.8) is 0 Å². The summed E-state index contributed by atoms with van der Waals surface area (Å²) in [5, 5.41) is 2.91. The van der Waals surface area contributed by atoms with E-state index in [0.717, 1.165) is 48.3 Å². The Morgan fingerprint density at radius 1 is 1.10 bits per heavy atom. The van der Waals surface area contributed by atoms with Crippen LogP contribution in [0, 0.1) is 5.92 Å². The quantitative estimate of drug-likeness (QED) is 0.537. The zero-order valence-corrected chi connectivity index (χ0v) is 20.3. The second-order valence-corrected chi connectivity index (χ2v) is 10.00. The van der Waals surface area contributed by atoms with Crippen LogP contribution in [-0.4, -0.2) is 36.2 Å². The summed E-state index contributed by atoms with van der Waals surface area (Å²) in [5.41, 5.74) is 1.94. The molecule has 0 atom stereocenters. The molecule has 0 aliphatic carbocycles. The molecule has 1 aliphatic rings. The number of halogens is 1. The van der Waals surface area contributed by atoms with Crippen molar-refractivity contribution < 1.29 is 14.3 Å². The predicted molar refractivity (Wildman–Crippen MR) is 127 cm³/mol. The topological polar surface area (TPSA) is 50.8 Å². The van der Waals surface area contributed by atoms with Crippen LogP contribution in [0.15, 0.2) is 53.0 Å². The summed E-state index contributed by atoms with van der Waals surface area (Å²) < 4.78 is 12.3. The summed E-state index contributed by atoms with van der Waals surface area (Å²) in [6.45, 7) is 9.83. The van der Waals surface area contributed by atoms with E-state index in [0.29, 0.717) is 19.1 Å². The number of carbonyl (C=O) groups excluding carboxylic acids is 1. The highest BCUT2D eigenvalue weighted by Gasteiger charge is 2.22. The van der Waals surface area contributed by atoms with E-state index in [-0.39, 0.29) is 6.09 Å². The number of rotatable bonds is 7. The van der Waals surface area contributed by atoms with Crippen molar-refractivity contribution in [2.45, 2.75) is 52.4 Å². The Morgan fingerprint density at radius 2 is 1.81 bits per heavy atom. The molecule has 1 saturated heterocycles. The maximum atomic E-state index is 11.9. The zero-order valence-electron chi connectivity index (χ0n) is 18.7. The number of alkyl carbamates (subject to hydrolysis) is 1. The standard InChI is InChI=1S/C25H33BrN2O3/c1-25(2,3)31-24(29)27-16-19-11-13-28(14-12-19)17-21-9-10-22(26)23(15-21)30-18-20-7-5-4-6-8-20/h4-10,15,19H,11-14,16-18H2,1-3H3,(H,27,29). The first-order valence-corrected chi connectivity index (χ1v) is 11.7. The van der Waals surface area contributed by atoms with Gasteiger partial charge in [-0.05, 0) is 91.8 Å². The van der Waals surface area contributed by atoms with Crippen LogP contribution < -0.4 is 10.1 Å². The second kappa shape index (κ2) is 11.0. The minimum Gasteiger partial charge on any atom is -0.488 e. The minimum absolute atomic E-state index is 0.326. The van der Waals surface area contributed by atoms with Crippen molar-refractivity contribution in [2.24, 2.45) is 5.92 Å². The number of likely N-dealkylation sites (tertiary alicyclic amines) is 1. The molecule has 0 aromatic heterocycles. The zero-order chi connectivity index (χ0) is 22.3. The van der Waals surface area contributed by atoms with Gasteiger partial charge in [-0.2, -0.15) is 0 Å². The van der Waals surface area contributed by atoms with Gasteiger partial charge in [-0.1, -0.05) is 36.4 Å². The largest absolute Gasteiger partial charge is 0.488 e. The summed E-state index contributed by atoms with van der Waals surface area (Å²) in [7, 11) is 0. The van der Waals surface area contributed by atoms with Gasteiger partial charge in [0.1, 0.15) is 18.0 Å². The number of hydrogen-bond acceptors (Lipinski definition) is 4. The first-order chi connectivity index (χ1) is 14.8. The monoisotopic (exact) mass is 488 g/mol. The number of benzene rings is 2. The molecule has 2 aromatic rings. The molecular weight excluding hydrogens is 456 g/mol. The van der Waals surface area contributed by atoms with Crippen molar-refractivity contribution in [1.29, 1.82) is 0 Å². The van der Waals surface area contributed by atoms with Crippen LogP contribution in [0.25, 0.3) is 0 Å². The third-order valence-electron chi connectivity index (χ3n) is 5.28. The summed E-state index contributed by atoms with van der Waals surface area (Å²) in [6.07, 6.45) is 1.82. The predicted octanol–water partition coefficient (Wildman–Crippen LogP) is 5.76. The Labute approximate surface area is 194 Å². The highest BCUT2D eigenvalue weighted by molar-refractivity contribution is 9.10. The van der Waals surface area contributed by atoms with Crippen LogP contribution in [-0.2, 0) is 17.9 Å². The average molecular weight is 489 g/mol. The molecule has 168 valence electrons. The number of carbonyl (C=O) groups is 1. The first kappa shape index (κ1) is 23.6. The number of nitrogens with one attached hydrogen (secondary N) is 1. The SMILES string of the molecule is CC(C)(C)OC(=O)NCC1CCN(Cc2ccc(Br)c(OCc3ccccc3)c2)CC1. The normalized spacial score (nSPS) is 15.5. The Kier molecular flexibility index (Phi) is 8.38. The van der Waals surface area contributed by atoms with E-state index in [1.165, 1.54) is 5.56 Å². The maximum Gasteiger partial charge on any atom is 0.407 e. The van der Waals surface area contributed by atoms with Crippen LogP contribution >= 0.6 is 15.9 Å². The molecule has 1 N–H and O–H groups in total. The van der Waals surface area contributed by atoms with Crippen molar-refractivity contribution >= 4 is 22.0 Å². The van der Waals surface area contributed by atoms with Gasteiger partial charge in [-0.3, -0.25) is 4.90 Å². The Hall–Kier alpha value is -2.05. The lowest BCUT2D eigenvalue weighted by atomic mass is 9.96. The van der Waals surface area contributed by atoms with Crippen molar-refractivity contribution in [3.8, 4) is 5.75 Å². The lowest BCUT2D eigenvalue weighted by molar-refractivity contribution is 0.0509. The van der Waals surface area contributed by atoms with Gasteiger partial charge in [-0.15, -0.1) is 0 Å². The van der Waals surface area contributed by atoms with E-state index in [1.807, 2.05) is 39.0 Å². The van der Waals surface area contributed by atoms with Crippen molar-refractivity contribution in [2.75, 3.05) is 19.6 Å². The Balaban J connectivity index is 1.44. The molecule has 6 heteroatoms. The Morgan fingerprint density at radius 3 is 2.48 bits per heavy atom. The number of ether oxygens (including phenoxy) is 2. The van der Waals surface area contributed by atoms with Gasteiger partial charge < -0.3 is 14.8 Å². The number of piperidine rings is 1. The smallest absolute Gasteiger partial charge is 0.407 e. The first-order valence-electron chi connectivity index (χ1n) is 10.9. The fourth-order valence-corrected chi connectivity index (χ4v) is 4.00. The third-order valence-corrected chi connectivity index (χ3v) is 5.94. The molecule has 0 unspecified atom stereocenters. The van der Waals surface area contributed by atoms with Crippen LogP contribution in [0.5, 0.6) is 5.75 Å². The highest BCUT2D eigenvalue weighted by atomic mass is 79.9. The van der Waals surface area contributed by atoms with Crippen LogP contribution in [0.2, 0.25) is 0 Å². The van der Waals surface area contributed by atoms with Gasteiger partial charge >= 0.3 is 6.09 Å². The van der Waals surface area contributed by atoms with Gasteiger partial charge in [0.05, 0.1) is 4.47 Å². The Bertz CT molecular complexity index is 844. The fourth-order valence-electron chi connectivity index (χ4n) is 3.64. The van der Waals surface area contributed by atoms with Crippen molar-refractivity contribution in [1.82, 2.24) is 10.2 Å². The molecule has 1 heterocycles. The molecule has 1 amide bonds. The van der Waals surface area contributed by atoms with E-state index in [4.69, 9.17) is 9.47 Å². The lowest BCUT2D eigenvalue weighted by Crippen LogP contribution is -2.40. The molecule has 1 aliphatic heterocycles. The van der Waals surface area contributed by atoms with Crippen LogP contribution in [0.3, 0.4) is 0 Å². The molecule has 31 heavy (non-hydrogen) atoms. The molecule has 0 saturated carbocycles. The van der Waals surface area contributed by atoms with Crippen LogP contribution in [0.1, 0.15) is 44.7 Å². The lowest BCUT2D eigenvalue weighted by Gasteiger charge is -2.32. The fraction of sp³-hybridized carbons (Fsp3) is 0.480. The molecule has 0 spiro atoms. The molecule has 0 radical (unpaired) electrons. The van der Waals surface area contributed by atoms with E-state index in [2.05, 4.69) is 56.5 Å². The summed E-state index contributed by atoms with van der Waals surface area (Å²) in [4.78, 5) is 14.3. The minimum atomic E-state index is -0.457. The molecule has 1 fully saturated rings. The second-order valence-electron chi connectivity index (χ2n) is 9.14. The summed E-state index contributed by atoms with van der Waals surface area (Å²) in [5.74, 6) is 1.37. The highest BCUT2D eigenvalue weighted by Crippen LogP contribution is 2.28. The molecule has 3 rings (SSSR count). The number of amides is 1. The summed E-state index contributed by atoms with van der Waals surface area (Å²) >= 11 is 3.60. The van der Waals surface area contributed by atoms with E-state index >= 15 is 0 Å². The summed E-state index contributed by atoms with van der Waals surface area (Å²) in [6, 6.07) is 16.5. The van der Waals surface area contributed by atoms with E-state index < -0.39 is 5.60 Å². The average Bonchev–Trinajstić information content (AvgIpc) is 2.73. The third kappa shape index (κ3) is 8.19. The van der Waals surface area contributed by atoms with Crippen molar-refractivity contribution in [3.05, 3.63) is 64.1 Å². The van der Waals surface area contributed by atoms with Crippen LogP contribution in [0.4, 0.5) is 4.79 Å².